The SMILES string of the molecule is CCc1ccc(OCc2csc(C(=O)N3CCN(Cc4cccc(Br)c4)CC3)c2)cc1. The van der Waals surface area contributed by atoms with Gasteiger partial charge in [0.05, 0.1) is 4.88 Å². The van der Waals surface area contributed by atoms with E-state index in [1.807, 2.05) is 34.5 Å². The summed E-state index contributed by atoms with van der Waals surface area (Å²) in [7, 11) is 0. The normalized spacial score (nSPS) is 14.6. The van der Waals surface area contributed by atoms with E-state index in [0.717, 1.165) is 59.8 Å². The van der Waals surface area contributed by atoms with Crippen LogP contribution in [-0.2, 0) is 19.6 Å². The maximum Gasteiger partial charge on any atom is 0.264 e. The maximum absolute atomic E-state index is 12.9. The first-order chi connectivity index (χ1) is 15.1. The van der Waals surface area contributed by atoms with Crippen molar-refractivity contribution in [1.82, 2.24) is 9.80 Å². The third-order valence-electron chi connectivity index (χ3n) is 5.56. The van der Waals surface area contributed by atoms with Crippen LogP contribution in [0.15, 0.2) is 64.5 Å². The van der Waals surface area contributed by atoms with Crippen molar-refractivity contribution in [2.45, 2.75) is 26.5 Å². The Hall–Kier alpha value is -2.15. The van der Waals surface area contributed by atoms with E-state index in [0.29, 0.717) is 6.61 Å². The summed E-state index contributed by atoms with van der Waals surface area (Å²) >= 11 is 5.04. The number of halogens is 1. The number of thiophene rings is 1. The van der Waals surface area contributed by atoms with Gasteiger partial charge in [-0.05, 0) is 53.3 Å². The van der Waals surface area contributed by atoms with E-state index in [1.165, 1.54) is 22.5 Å². The van der Waals surface area contributed by atoms with E-state index in [-0.39, 0.29) is 5.91 Å². The van der Waals surface area contributed by atoms with Gasteiger partial charge in [0.2, 0.25) is 0 Å². The summed E-state index contributed by atoms with van der Waals surface area (Å²) in [6.07, 6.45) is 1.02. The average molecular weight is 499 g/mol. The van der Waals surface area contributed by atoms with Crippen LogP contribution in [0.4, 0.5) is 0 Å². The average Bonchev–Trinajstić information content (AvgIpc) is 3.27. The molecule has 0 bridgehead atoms. The Bertz CT molecular complexity index is 1010. The lowest BCUT2D eigenvalue weighted by Gasteiger charge is -2.34. The van der Waals surface area contributed by atoms with E-state index in [4.69, 9.17) is 4.74 Å². The van der Waals surface area contributed by atoms with Crippen molar-refractivity contribution in [1.29, 1.82) is 0 Å². The molecule has 0 saturated carbocycles. The number of amides is 1. The molecule has 1 amide bonds. The molecule has 0 atom stereocenters. The second kappa shape index (κ2) is 10.4. The third kappa shape index (κ3) is 5.97. The van der Waals surface area contributed by atoms with Gasteiger partial charge in [0.15, 0.2) is 0 Å². The molecule has 1 saturated heterocycles. The fraction of sp³-hybridized carbons (Fsp3) is 0.320. The molecule has 1 aliphatic rings. The molecular weight excluding hydrogens is 472 g/mol. The van der Waals surface area contributed by atoms with Gasteiger partial charge in [0, 0.05) is 42.8 Å². The molecular formula is C25H27BrN2O2S. The summed E-state index contributed by atoms with van der Waals surface area (Å²) in [5, 5.41) is 2.02. The van der Waals surface area contributed by atoms with E-state index in [1.54, 1.807) is 0 Å². The number of carbonyl (C=O) groups is 1. The number of hydrogen-bond acceptors (Lipinski definition) is 4. The van der Waals surface area contributed by atoms with Crippen LogP contribution in [-0.4, -0.2) is 41.9 Å². The number of ether oxygens (including phenoxy) is 1. The highest BCUT2D eigenvalue weighted by Gasteiger charge is 2.23. The molecule has 2 aromatic carbocycles. The molecule has 0 aliphatic carbocycles. The Kier molecular flexibility index (Phi) is 7.43. The van der Waals surface area contributed by atoms with Crippen molar-refractivity contribution in [2.75, 3.05) is 26.2 Å². The summed E-state index contributed by atoms with van der Waals surface area (Å²) in [5.41, 5.74) is 3.63. The van der Waals surface area contributed by atoms with E-state index < -0.39 is 0 Å². The lowest BCUT2D eigenvalue weighted by molar-refractivity contribution is 0.0633. The van der Waals surface area contributed by atoms with Crippen LogP contribution in [0.1, 0.15) is 33.3 Å². The van der Waals surface area contributed by atoms with Crippen LogP contribution in [0.3, 0.4) is 0 Å². The molecule has 6 heteroatoms. The first kappa shape index (κ1) is 22.1. The summed E-state index contributed by atoms with van der Waals surface area (Å²) in [4.78, 5) is 18.1. The van der Waals surface area contributed by atoms with Crippen molar-refractivity contribution in [3.05, 3.63) is 86.0 Å². The van der Waals surface area contributed by atoms with Gasteiger partial charge in [0.1, 0.15) is 12.4 Å². The number of piperazine rings is 1. The Morgan fingerprint density at radius 2 is 1.77 bits per heavy atom. The molecule has 0 N–H and O–H groups in total. The molecule has 0 radical (unpaired) electrons. The fourth-order valence-electron chi connectivity index (χ4n) is 3.71. The van der Waals surface area contributed by atoms with Crippen molar-refractivity contribution >= 4 is 33.2 Å². The van der Waals surface area contributed by atoms with Gasteiger partial charge in [0.25, 0.3) is 5.91 Å². The van der Waals surface area contributed by atoms with E-state index in [2.05, 4.69) is 58.1 Å². The van der Waals surface area contributed by atoms with E-state index in [9.17, 15) is 4.79 Å². The predicted molar refractivity (Wildman–Crippen MR) is 130 cm³/mol. The zero-order chi connectivity index (χ0) is 21.6. The molecule has 1 aromatic heterocycles. The van der Waals surface area contributed by atoms with Crippen molar-refractivity contribution in [3.63, 3.8) is 0 Å². The first-order valence-electron chi connectivity index (χ1n) is 10.7. The minimum atomic E-state index is 0.130. The summed E-state index contributed by atoms with van der Waals surface area (Å²) in [5.74, 6) is 0.989. The minimum Gasteiger partial charge on any atom is -0.489 e. The molecule has 0 spiro atoms. The Labute approximate surface area is 196 Å². The second-order valence-corrected chi connectivity index (χ2v) is 9.63. The lowest BCUT2D eigenvalue weighted by atomic mass is 10.2. The number of benzene rings is 2. The predicted octanol–water partition coefficient (Wildman–Crippen LogP) is 5.61. The number of hydrogen-bond donors (Lipinski definition) is 0. The zero-order valence-corrected chi connectivity index (χ0v) is 20.1. The number of rotatable bonds is 7. The molecule has 4 nitrogen and oxygen atoms in total. The summed E-state index contributed by atoms with van der Waals surface area (Å²) in [6.45, 7) is 6.86. The van der Waals surface area contributed by atoms with Gasteiger partial charge in [-0.15, -0.1) is 11.3 Å². The molecule has 1 aliphatic heterocycles. The molecule has 4 rings (SSSR count). The zero-order valence-electron chi connectivity index (χ0n) is 17.7. The molecule has 3 aromatic rings. The second-order valence-electron chi connectivity index (χ2n) is 7.80. The molecule has 0 unspecified atom stereocenters. The fourth-order valence-corrected chi connectivity index (χ4v) is 5.02. The van der Waals surface area contributed by atoms with Crippen LogP contribution in [0, 0.1) is 0 Å². The number of nitrogens with zero attached hydrogens (tertiary/aromatic N) is 2. The maximum atomic E-state index is 12.9. The molecule has 31 heavy (non-hydrogen) atoms. The lowest BCUT2D eigenvalue weighted by Crippen LogP contribution is -2.48. The number of carbonyl (C=O) groups excluding carboxylic acids is 1. The van der Waals surface area contributed by atoms with Crippen LogP contribution in [0.25, 0.3) is 0 Å². The highest BCUT2D eigenvalue weighted by molar-refractivity contribution is 9.10. The Morgan fingerprint density at radius 3 is 2.48 bits per heavy atom. The van der Waals surface area contributed by atoms with Crippen LogP contribution in [0.2, 0.25) is 0 Å². The van der Waals surface area contributed by atoms with Crippen LogP contribution >= 0.6 is 27.3 Å². The monoisotopic (exact) mass is 498 g/mol. The highest BCUT2D eigenvalue weighted by Crippen LogP contribution is 2.21. The van der Waals surface area contributed by atoms with Crippen molar-refractivity contribution in [3.8, 4) is 5.75 Å². The summed E-state index contributed by atoms with van der Waals surface area (Å²) < 4.78 is 6.99. The van der Waals surface area contributed by atoms with Gasteiger partial charge in [-0.3, -0.25) is 9.69 Å². The topological polar surface area (TPSA) is 32.8 Å². The van der Waals surface area contributed by atoms with E-state index >= 15 is 0 Å². The quantitative estimate of drug-likeness (QED) is 0.424. The van der Waals surface area contributed by atoms with Gasteiger partial charge in [-0.1, -0.05) is 47.1 Å². The van der Waals surface area contributed by atoms with Gasteiger partial charge >= 0.3 is 0 Å². The van der Waals surface area contributed by atoms with Gasteiger partial charge in [-0.2, -0.15) is 0 Å². The van der Waals surface area contributed by atoms with Gasteiger partial charge in [-0.25, -0.2) is 0 Å². The summed E-state index contributed by atoms with van der Waals surface area (Å²) in [6, 6.07) is 18.6. The van der Waals surface area contributed by atoms with Gasteiger partial charge < -0.3 is 9.64 Å². The standard InChI is InChI=1S/C25H27BrN2O2S/c1-2-19-6-8-23(9-7-19)30-17-21-15-24(31-18-21)25(29)28-12-10-27(11-13-28)16-20-4-3-5-22(26)14-20/h3-9,14-15,18H,2,10-13,16-17H2,1H3. The minimum absolute atomic E-state index is 0.130. The largest absolute Gasteiger partial charge is 0.489 e. The smallest absolute Gasteiger partial charge is 0.264 e. The third-order valence-corrected chi connectivity index (χ3v) is 7.02. The highest BCUT2D eigenvalue weighted by atomic mass is 79.9. The Balaban J connectivity index is 1.26. The van der Waals surface area contributed by atoms with Crippen molar-refractivity contribution in [2.24, 2.45) is 0 Å². The Morgan fingerprint density at radius 1 is 1.00 bits per heavy atom. The first-order valence-corrected chi connectivity index (χ1v) is 12.3. The molecule has 2 heterocycles. The number of aryl methyl sites for hydroxylation is 1. The molecule has 162 valence electrons. The van der Waals surface area contributed by atoms with Crippen LogP contribution in [0.5, 0.6) is 5.75 Å². The van der Waals surface area contributed by atoms with Crippen molar-refractivity contribution < 1.29 is 9.53 Å². The van der Waals surface area contributed by atoms with Crippen LogP contribution < -0.4 is 4.74 Å². The molecule has 1 fully saturated rings.